The van der Waals surface area contributed by atoms with Gasteiger partial charge in [0.2, 0.25) is 0 Å². The highest BCUT2D eigenvalue weighted by Crippen LogP contribution is 2.18. The second kappa shape index (κ2) is 11.8. The van der Waals surface area contributed by atoms with Crippen LogP contribution in [0.15, 0.2) is 52.1 Å². The molecule has 25 heavy (non-hydrogen) atoms. The minimum Gasteiger partial charge on any atom is -0.496 e. The third-order valence-corrected chi connectivity index (χ3v) is 3.68. The molecule has 0 aliphatic rings. The van der Waals surface area contributed by atoms with E-state index in [1.54, 1.807) is 13.4 Å². The summed E-state index contributed by atoms with van der Waals surface area (Å²) < 4.78 is 10.8. The van der Waals surface area contributed by atoms with E-state index in [-0.39, 0.29) is 24.0 Å². The molecule has 2 rings (SSSR count). The number of nitrogens with one attached hydrogen (secondary N) is 1. The highest BCUT2D eigenvalue weighted by molar-refractivity contribution is 14.0. The van der Waals surface area contributed by atoms with E-state index in [1.807, 2.05) is 37.4 Å². The maximum atomic E-state index is 5.44. The molecule has 138 valence electrons. The molecule has 2 aromatic rings. The number of guanidine groups is 1. The summed E-state index contributed by atoms with van der Waals surface area (Å²) in [6.45, 7) is 4.45. The van der Waals surface area contributed by atoms with E-state index in [2.05, 4.69) is 28.2 Å². The number of aliphatic imine (C=N–C) groups is 1. The SMILES string of the molecule is CCCN=C(NCCc1ccco1)N(C)Cc1ccccc1OC.I. The number of methoxy groups -OCH3 is 1. The van der Waals surface area contributed by atoms with Gasteiger partial charge < -0.3 is 19.4 Å². The Morgan fingerprint density at radius 3 is 2.72 bits per heavy atom. The summed E-state index contributed by atoms with van der Waals surface area (Å²) >= 11 is 0. The van der Waals surface area contributed by atoms with Gasteiger partial charge in [0.15, 0.2) is 5.96 Å². The average molecular weight is 457 g/mol. The third-order valence-electron chi connectivity index (χ3n) is 3.68. The molecule has 0 radical (unpaired) electrons. The van der Waals surface area contributed by atoms with Gasteiger partial charge in [-0.25, -0.2) is 0 Å². The predicted molar refractivity (Wildman–Crippen MR) is 113 cm³/mol. The Hall–Kier alpha value is -1.70. The molecule has 0 aliphatic heterocycles. The Bertz CT molecular complexity index is 629. The number of furan rings is 1. The molecule has 0 unspecified atom stereocenters. The normalized spacial score (nSPS) is 10.9. The molecule has 0 bridgehead atoms. The van der Waals surface area contributed by atoms with Gasteiger partial charge in [0, 0.05) is 38.7 Å². The molecule has 1 aromatic carbocycles. The first-order valence-electron chi connectivity index (χ1n) is 8.38. The Balaban J connectivity index is 0.00000312. The molecular weight excluding hydrogens is 429 g/mol. The van der Waals surface area contributed by atoms with Crippen molar-refractivity contribution in [2.24, 2.45) is 4.99 Å². The molecular formula is C19H28IN3O2. The van der Waals surface area contributed by atoms with Gasteiger partial charge in [-0.05, 0) is 24.6 Å². The Kier molecular flexibility index (Phi) is 10.1. The monoisotopic (exact) mass is 457 g/mol. The molecule has 1 heterocycles. The van der Waals surface area contributed by atoms with Crippen LogP contribution in [0.25, 0.3) is 0 Å². The Morgan fingerprint density at radius 2 is 2.04 bits per heavy atom. The van der Waals surface area contributed by atoms with E-state index in [9.17, 15) is 0 Å². The molecule has 0 amide bonds. The number of benzene rings is 1. The lowest BCUT2D eigenvalue weighted by atomic mass is 10.2. The molecule has 5 nitrogen and oxygen atoms in total. The van der Waals surface area contributed by atoms with Crippen LogP contribution in [0.1, 0.15) is 24.7 Å². The molecule has 0 fully saturated rings. The number of hydrogen-bond acceptors (Lipinski definition) is 3. The van der Waals surface area contributed by atoms with Crippen LogP contribution in [-0.2, 0) is 13.0 Å². The van der Waals surface area contributed by atoms with Gasteiger partial charge in [-0.3, -0.25) is 4.99 Å². The van der Waals surface area contributed by atoms with Crippen LogP contribution < -0.4 is 10.1 Å². The molecule has 0 saturated heterocycles. The number of rotatable bonds is 8. The summed E-state index contributed by atoms with van der Waals surface area (Å²) in [4.78, 5) is 6.79. The van der Waals surface area contributed by atoms with Gasteiger partial charge >= 0.3 is 0 Å². The zero-order valence-electron chi connectivity index (χ0n) is 15.2. The predicted octanol–water partition coefficient (Wildman–Crippen LogP) is 3.94. The second-order valence-electron chi connectivity index (χ2n) is 5.63. The fourth-order valence-electron chi connectivity index (χ4n) is 2.45. The Morgan fingerprint density at radius 1 is 1.24 bits per heavy atom. The summed E-state index contributed by atoms with van der Waals surface area (Å²) in [7, 11) is 3.74. The van der Waals surface area contributed by atoms with E-state index in [0.717, 1.165) is 55.5 Å². The van der Waals surface area contributed by atoms with E-state index >= 15 is 0 Å². The van der Waals surface area contributed by atoms with E-state index in [0.29, 0.717) is 0 Å². The van der Waals surface area contributed by atoms with Gasteiger partial charge in [0.25, 0.3) is 0 Å². The largest absolute Gasteiger partial charge is 0.496 e. The summed E-state index contributed by atoms with van der Waals surface area (Å²) in [5, 5.41) is 3.43. The summed E-state index contributed by atoms with van der Waals surface area (Å²) in [5.74, 6) is 2.77. The van der Waals surface area contributed by atoms with Crippen LogP contribution in [0.2, 0.25) is 0 Å². The van der Waals surface area contributed by atoms with Crippen LogP contribution in [0.5, 0.6) is 5.75 Å². The van der Waals surface area contributed by atoms with E-state index in [1.165, 1.54) is 0 Å². The van der Waals surface area contributed by atoms with Gasteiger partial charge in [-0.1, -0.05) is 25.1 Å². The number of ether oxygens (including phenoxy) is 1. The smallest absolute Gasteiger partial charge is 0.193 e. The van der Waals surface area contributed by atoms with Crippen molar-refractivity contribution in [2.45, 2.75) is 26.3 Å². The van der Waals surface area contributed by atoms with Crippen molar-refractivity contribution in [1.29, 1.82) is 0 Å². The third kappa shape index (κ3) is 6.97. The Labute approximate surface area is 167 Å². The highest BCUT2D eigenvalue weighted by Gasteiger charge is 2.10. The average Bonchev–Trinajstić information content (AvgIpc) is 3.11. The fourth-order valence-corrected chi connectivity index (χ4v) is 2.45. The van der Waals surface area contributed by atoms with Crippen molar-refractivity contribution in [1.82, 2.24) is 10.2 Å². The number of para-hydroxylation sites is 1. The van der Waals surface area contributed by atoms with Crippen molar-refractivity contribution < 1.29 is 9.15 Å². The lowest BCUT2D eigenvalue weighted by Gasteiger charge is -2.23. The first kappa shape index (κ1) is 21.3. The maximum absolute atomic E-state index is 5.44. The maximum Gasteiger partial charge on any atom is 0.193 e. The van der Waals surface area contributed by atoms with Crippen LogP contribution in [-0.4, -0.2) is 38.1 Å². The minimum atomic E-state index is 0. The zero-order chi connectivity index (χ0) is 17.2. The number of halogens is 1. The topological polar surface area (TPSA) is 50.0 Å². The molecule has 0 spiro atoms. The first-order chi connectivity index (χ1) is 11.7. The van der Waals surface area contributed by atoms with E-state index < -0.39 is 0 Å². The lowest BCUT2D eigenvalue weighted by Crippen LogP contribution is -2.39. The van der Waals surface area contributed by atoms with Gasteiger partial charge in [0.1, 0.15) is 11.5 Å². The van der Waals surface area contributed by atoms with Crippen LogP contribution in [0.3, 0.4) is 0 Å². The van der Waals surface area contributed by atoms with Crippen LogP contribution in [0.4, 0.5) is 0 Å². The standard InChI is InChI=1S/C19H27N3O2.HI/c1-4-12-20-19(21-13-11-17-9-7-14-24-17)22(2)15-16-8-5-6-10-18(16)23-3;/h5-10,14H,4,11-13,15H2,1-3H3,(H,20,21);1H. The van der Waals surface area contributed by atoms with Crippen molar-refractivity contribution in [3.8, 4) is 5.75 Å². The first-order valence-corrected chi connectivity index (χ1v) is 8.38. The molecule has 1 aromatic heterocycles. The number of hydrogen-bond donors (Lipinski definition) is 1. The minimum absolute atomic E-state index is 0. The van der Waals surface area contributed by atoms with Crippen LogP contribution in [0, 0.1) is 0 Å². The van der Waals surface area contributed by atoms with Gasteiger partial charge in [-0.15, -0.1) is 24.0 Å². The van der Waals surface area contributed by atoms with Crippen molar-refractivity contribution in [3.63, 3.8) is 0 Å². The zero-order valence-corrected chi connectivity index (χ0v) is 17.5. The molecule has 0 atom stereocenters. The van der Waals surface area contributed by atoms with Gasteiger partial charge in [-0.2, -0.15) is 0 Å². The van der Waals surface area contributed by atoms with E-state index in [4.69, 9.17) is 9.15 Å². The summed E-state index contributed by atoms with van der Waals surface area (Å²) in [6, 6.07) is 12.0. The molecule has 0 aliphatic carbocycles. The second-order valence-corrected chi connectivity index (χ2v) is 5.63. The lowest BCUT2D eigenvalue weighted by molar-refractivity contribution is 0.395. The van der Waals surface area contributed by atoms with Gasteiger partial charge in [0.05, 0.1) is 13.4 Å². The van der Waals surface area contributed by atoms with Crippen LogP contribution >= 0.6 is 24.0 Å². The molecule has 0 saturated carbocycles. The molecule has 6 heteroatoms. The molecule has 1 N–H and O–H groups in total. The summed E-state index contributed by atoms with van der Waals surface area (Å²) in [5.41, 5.74) is 1.14. The van der Waals surface area contributed by atoms with Crippen molar-refractivity contribution >= 4 is 29.9 Å². The summed E-state index contributed by atoms with van der Waals surface area (Å²) in [6.07, 6.45) is 3.56. The van der Waals surface area contributed by atoms with Crippen molar-refractivity contribution in [3.05, 3.63) is 54.0 Å². The van der Waals surface area contributed by atoms with Crippen molar-refractivity contribution in [2.75, 3.05) is 27.2 Å². The number of nitrogens with zero attached hydrogens (tertiary/aromatic N) is 2. The fraction of sp³-hybridized carbons (Fsp3) is 0.421. The highest BCUT2D eigenvalue weighted by atomic mass is 127. The quantitative estimate of drug-likeness (QED) is 0.371.